The van der Waals surface area contributed by atoms with E-state index in [1.54, 1.807) is 6.92 Å². The summed E-state index contributed by atoms with van der Waals surface area (Å²) in [4.78, 5) is 11.4. The molecule has 0 spiro atoms. The normalized spacial score (nSPS) is 10.2. The van der Waals surface area contributed by atoms with Crippen LogP contribution in [-0.4, -0.2) is 12.6 Å². The Hall–Kier alpha value is -0.540. The predicted octanol–water partition coefficient (Wildman–Crippen LogP) is 3.65. The number of halogens is 2. The fraction of sp³-hybridized carbons (Fsp3) is 0.417. The van der Waals surface area contributed by atoms with Gasteiger partial charge in [0, 0.05) is 10.4 Å². The van der Waals surface area contributed by atoms with Crippen molar-refractivity contribution in [3.8, 4) is 0 Å². The largest absolute Gasteiger partial charge is 0.466 e. The van der Waals surface area contributed by atoms with Gasteiger partial charge in [0.1, 0.15) is 0 Å². The van der Waals surface area contributed by atoms with Crippen LogP contribution in [0.3, 0.4) is 0 Å². The van der Waals surface area contributed by atoms with Gasteiger partial charge < -0.3 is 4.74 Å². The first-order chi connectivity index (χ1) is 7.60. The Morgan fingerprint density at radius 1 is 1.44 bits per heavy atom. The summed E-state index contributed by atoms with van der Waals surface area (Å²) >= 11 is 9.51. The molecule has 0 aliphatic rings. The van der Waals surface area contributed by atoms with Crippen LogP contribution >= 0.6 is 27.5 Å². The van der Waals surface area contributed by atoms with Gasteiger partial charge in [-0.25, -0.2) is 0 Å². The second-order valence-electron chi connectivity index (χ2n) is 3.44. The molecule has 0 heterocycles. The van der Waals surface area contributed by atoms with Gasteiger partial charge in [0.2, 0.25) is 0 Å². The highest BCUT2D eigenvalue weighted by atomic mass is 79.9. The maximum Gasteiger partial charge on any atom is 0.310 e. The minimum atomic E-state index is -0.239. The molecule has 4 heteroatoms. The van der Waals surface area contributed by atoms with Gasteiger partial charge in [-0.15, -0.1) is 0 Å². The van der Waals surface area contributed by atoms with Gasteiger partial charge in [-0.1, -0.05) is 33.6 Å². The number of ether oxygens (including phenoxy) is 1. The Balaban J connectivity index is 3.01. The Labute approximate surface area is 109 Å². The van der Waals surface area contributed by atoms with Crippen LogP contribution in [0.25, 0.3) is 0 Å². The van der Waals surface area contributed by atoms with Crippen LogP contribution in [0.2, 0.25) is 5.02 Å². The number of rotatable bonds is 4. The second kappa shape index (κ2) is 6.26. The summed E-state index contributed by atoms with van der Waals surface area (Å²) < 4.78 is 4.93. The zero-order valence-corrected chi connectivity index (χ0v) is 11.7. The SMILES string of the molecule is CCOC(=O)Cc1c(Cl)ccc(C)c1CBr. The zero-order valence-electron chi connectivity index (χ0n) is 9.35. The molecule has 1 rings (SSSR count). The molecule has 0 saturated heterocycles. The molecule has 0 amide bonds. The summed E-state index contributed by atoms with van der Waals surface area (Å²) in [6.07, 6.45) is 0.231. The van der Waals surface area contributed by atoms with E-state index in [-0.39, 0.29) is 12.4 Å². The van der Waals surface area contributed by atoms with Crippen LogP contribution in [0.5, 0.6) is 0 Å². The van der Waals surface area contributed by atoms with Crippen LogP contribution in [0, 0.1) is 6.92 Å². The van der Waals surface area contributed by atoms with Gasteiger partial charge in [-0.3, -0.25) is 4.79 Å². The smallest absolute Gasteiger partial charge is 0.310 e. The Bertz CT molecular complexity index is 391. The molecule has 0 radical (unpaired) electrons. The molecule has 0 fully saturated rings. The van der Waals surface area contributed by atoms with Crippen molar-refractivity contribution in [2.75, 3.05) is 6.61 Å². The van der Waals surface area contributed by atoms with Gasteiger partial charge in [0.15, 0.2) is 0 Å². The van der Waals surface area contributed by atoms with E-state index in [9.17, 15) is 4.79 Å². The Kier molecular flexibility index (Phi) is 5.29. The molecular weight excluding hydrogens is 291 g/mol. The second-order valence-corrected chi connectivity index (χ2v) is 4.40. The molecule has 0 N–H and O–H groups in total. The van der Waals surface area contributed by atoms with Gasteiger partial charge in [0.05, 0.1) is 13.0 Å². The van der Waals surface area contributed by atoms with E-state index < -0.39 is 0 Å². The zero-order chi connectivity index (χ0) is 12.1. The average Bonchev–Trinajstić information content (AvgIpc) is 2.24. The highest BCUT2D eigenvalue weighted by Gasteiger charge is 2.13. The summed E-state index contributed by atoms with van der Waals surface area (Å²) in [5.74, 6) is -0.239. The minimum Gasteiger partial charge on any atom is -0.466 e. The fourth-order valence-corrected chi connectivity index (χ4v) is 2.54. The summed E-state index contributed by atoms with van der Waals surface area (Å²) in [6, 6.07) is 3.77. The molecule has 1 aromatic carbocycles. The van der Waals surface area contributed by atoms with Crippen molar-refractivity contribution in [3.63, 3.8) is 0 Å². The van der Waals surface area contributed by atoms with E-state index in [4.69, 9.17) is 16.3 Å². The molecule has 2 nitrogen and oxygen atoms in total. The number of carbonyl (C=O) groups excluding carboxylic acids is 1. The number of carbonyl (C=O) groups is 1. The quantitative estimate of drug-likeness (QED) is 0.627. The molecule has 88 valence electrons. The number of hydrogen-bond donors (Lipinski definition) is 0. The molecule has 0 aromatic heterocycles. The standard InChI is InChI=1S/C12H14BrClO2/c1-3-16-12(15)6-9-10(7-13)8(2)4-5-11(9)14/h4-5H,3,6-7H2,1-2H3. The third-order valence-electron chi connectivity index (χ3n) is 2.37. The van der Waals surface area contributed by atoms with Crippen molar-refractivity contribution in [1.82, 2.24) is 0 Å². The monoisotopic (exact) mass is 304 g/mol. The van der Waals surface area contributed by atoms with Crippen molar-refractivity contribution in [2.45, 2.75) is 25.6 Å². The van der Waals surface area contributed by atoms with Gasteiger partial charge in [-0.05, 0) is 36.6 Å². The summed E-state index contributed by atoms with van der Waals surface area (Å²) in [5.41, 5.74) is 3.05. The number of hydrogen-bond acceptors (Lipinski definition) is 2. The van der Waals surface area contributed by atoms with E-state index in [2.05, 4.69) is 15.9 Å². The van der Waals surface area contributed by atoms with Crippen molar-refractivity contribution in [1.29, 1.82) is 0 Å². The maximum atomic E-state index is 11.4. The lowest BCUT2D eigenvalue weighted by atomic mass is 10.0. The molecule has 1 aromatic rings. The summed E-state index contributed by atoms with van der Waals surface area (Å²) in [6.45, 7) is 4.19. The predicted molar refractivity (Wildman–Crippen MR) is 69.2 cm³/mol. The molecule has 0 aliphatic heterocycles. The van der Waals surface area contributed by atoms with E-state index in [0.29, 0.717) is 17.0 Å². The van der Waals surface area contributed by atoms with Crippen molar-refractivity contribution < 1.29 is 9.53 Å². The lowest BCUT2D eigenvalue weighted by molar-refractivity contribution is -0.142. The first-order valence-corrected chi connectivity index (χ1v) is 6.58. The van der Waals surface area contributed by atoms with Crippen molar-refractivity contribution in [3.05, 3.63) is 33.8 Å². The van der Waals surface area contributed by atoms with Crippen LogP contribution in [0.4, 0.5) is 0 Å². The highest BCUT2D eigenvalue weighted by Crippen LogP contribution is 2.26. The number of alkyl halides is 1. The first kappa shape index (κ1) is 13.5. The summed E-state index contributed by atoms with van der Waals surface area (Å²) in [5, 5.41) is 1.31. The topological polar surface area (TPSA) is 26.3 Å². The van der Waals surface area contributed by atoms with Crippen LogP contribution in [0.15, 0.2) is 12.1 Å². The lowest BCUT2D eigenvalue weighted by Crippen LogP contribution is -2.10. The van der Waals surface area contributed by atoms with Gasteiger partial charge in [-0.2, -0.15) is 0 Å². The first-order valence-electron chi connectivity index (χ1n) is 5.08. The highest BCUT2D eigenvalue weighted by molar-refractivity contribution is 9.08. The molecule has 0 atom stereocenters. The fourth-order valence-electron chi connectivity index (χ4n) is 1.52. The van der Waals surface area contributed by atoms with Crippen LogP contribution in [0.1, 0.15) is 23.6 Å². The number of esters is 1. The third-order valence-corrected chi connectivity index (χ3v) is 3.28. The molecule has 16 heavy (non-hydrogen) atoms. The molecule has 0 aliphatic carbocycles. The lowest BCUT2D eigenvalue weighted by Gasteiger charge is -2.11. The van der Waals surface area contributed by atoms with Crippen molar-refractivity contribution in [2.24, 2.45) is 0 Å². The van der Waals surface area contributed by atoms with E-state index >= 15 is 0 Å². The molecular formula is C12H14BrClO2. The Morgan fingerprint density at radius 3 is 2.69 bits per heavy atom. The van der Waals surface area contributed by atoms with Gasteiger partial charge in [0.25, 0.3) is 0 Å². The molecule has 0 unspecified atom stereocenters. The van der Waals surface area contributed by atoms with Crippen LogP contribution < -0.4 is 0 Å². The maximum absolute atomic E-state index is 11.4. The minimum absolute atomic E-state index is 0.231. The average molecular weight is 306 g/mol. The van der Waals surface area contributed by atoms with Gasteiger partial charge >= 0.3 is 5.97 Å². The summed E-state index contributed by atoms with van der Waals surface area (Å²) in [7, 11) is 0. The number of aryl methyl sites for hydroxylation is 1. The molecule has 0 saturated carbocycles. The molecule has 0 bridgehead atoms. The van der Waals surface area contributed by atoms with Crippen molar-refractivity contribution >= 4 is 33.5 Å². The number of benzene rings is 1. The van der Waals surface area contributed by atoms with E-state index in [0.717, 1.165) is 16.7 Å². The Morgan fingerprint density at radius 2 is 2.12 bits per heavy atom. The van der Waals surface area contributed by atoms with E-state index in [1.165, 1.54) is 0 Å². The third kappa shape index (κ3) is 3.22. The van der Waals surface area contributed by atoms with E-state index in [1.807, 2.05) is 19.1 Å². The van der Waals surface area contributed by atoms with Crippen LogP contribution in [-0.2, 0) is 21.3 Å².